The van der Waals surface area contributed by atoms with Crippen molar-refractivity contribution in [2.24, 2.45) is 0 Å². The van der Waals surface area contributed by atoms with Crippen molar-refractivity contribution in [2.75, 3.05) is 20.1 Å². The highest BCUT2D eigenvalue weighted by Gasteiger charge is 2.31. The monoisotopic (exact) mass is 381 g/mol. The lowest BCUT2D eigenvalue weighted by atomic mass is 9.93. The number of hydrogen-bond acceptors (Lipinski definition) is 5. The first-order valence-electron chi connectivity index (χ1n) is 10.2. The molecule has 6 nitrogen and oxygen atoms in total. The molecule has 0 bridgehead atoms. The summed E-state index contributed by atoms with van der Waals surface area (Å²) in [7, 11) is 2.13. The van der Waals surface area contributed by atoms with E-state index in [9.17, 15) is 9.59 Å². The van der Waals surface area contributed by atoms with E-state index < -0.39 is 0 Å². The lowest BCUT2D eigenvalue weighted by Gasteiger charge is -2.27. The SMILES string of the molecule is CN(Cc1ccccn1)C1CCCN(C(=O)c2coc3c2C(=O)CCC3)CC1. The van der Waals surface area contributed by atoms with Gasteiger partial charge >= 0.3 is 0 Å². The molecule has 1 aliphatic carbocycles. The van der Waals surface area contributed by atoms with Crippen molar-refractivity contribution in [1.29, 1.82) is 0 Å². The summed E-state index contributed by atoms with van der Waals surface area (Å²) in [5, 5.41) is 0. The van der Waals surface area contributed by atoms with Crippen LogP contribution in [-0.4, -0.2) is 52.7 Å². The molecule has 0 saturated carbocycles. The molecular formula is C22H27N3O3. The molecule has 1 saturated heterocycles. The molecule has 1 fully saturated rings. The molecule has 2 aliphatic rings. The number of fused-ring (bicyclic) bond motifs is 1. The molecule has 1 aliphatic heterocycles. The Morgan fingerprint density at radius 2 is 2.14 bits per heavy atom. The van der Waals surface area contributed by atoms with E-state index in [0.29, 0.717) is 35.9 Å². The molecule has 28 heavy (non-hydrogen) atoms. The van der Waals surface area contributed by atoms with Crippen molar-refractivity contribution in [1.82, 2.24) is 14.8 Å². The molecule has 1 unspecified atom stereocenters. The lowest BCUT2D eigenvalue weighted by Crippen LogP contribution is -2.35. The van der Waals surface area contributed by atoms with Crippen LogP contribution in [0.1, 0.15) is 64.3 Å². The average molecular weight is 381 g/mol. The molecule has 1 amide bonds. The number of likely N-dealkylation sites (tertiary alicyclic amines) is 1. The number of amides is 1. The number of Topliss-reactive ketones (excluding diaryl/α,β-unsaturated/α-hetero) is 1. The van der Waals surface area contributed by atoms with Gasteiger partial charge in [0.2, 0.25) is 0 Å². The van der Waals surface area contributed by atoms with E-state index in [2.05, 4.69) is 16.9 Å². The number of aromatic nitrogens is 1. The minimum Gasteiger partial charge on any atom is -0.468 e. The van der Waals surface area contributed by atoms with Gasteiger partial charge in [0.1, 0.15) is 12.0 Å². The van der Waals surface area contributed by atoms with Gasteiger partial charge in [-0.05, 0) is 44.9 Å². The van der Waals surface area contributed by atoms with Gasteiger partial charge in [0.15, 0.2) is 5.78 Å². The molecule has 148 valence electrons. The van der Waals surface area contributed by atoms with Gasteiger partial charge in [-0.25, -0.2) is 0 Å². The maximum atomic E-state index is 13.1. The molecule has 2 aromatic rings. The first-order valence-corrected chi connectivity index (χ1v) is 10.2. The number of rotatable bonds is 4. The average Bonchev–Trinajstić information content (AvgIpc) is 2.99. The van der Waals surface area contributed by atoms with E-state index in [-0.39, 0.29) is 11.7 Å². The van der Waals surface area contributed by atoms with Gasteiger partial charge in [-0.1, -0.05) is 6.07 Å². The van der Waals surface area contributed by atoms with Crippen molar-refractivity contribution in [3.05, 3.63) is 53.2 Å². The highest BCUT2D eigenvalue weighted by atomic mass is 16.3. The number of hydrogen-bond donors (Lipinski definition) is 0. The van der Waals surface area contributed by atoms with E-state index in [1.165, 1.54) is 6.26 Å². The Balaban J connectivity index is 1.41. The topological polar surface area (TPSA) is 66.7 Å². The third kappa shape index (κ3) is 3.87. The van der Waals surface area contributed by atoms with Gasteiger partial charge in [0.05, 0.1) is 16.8 Å². The van der Waals surface area contributed by atoms with Crippen LogP contribution in [0.3, 0.4) is 0 Å². The molecule has 0 N–H and O–H groups in total. The number of aryl methyl sites for hydroxylation is 1. The number of furan rings is 1. The summed E-state index contributed by atoms with van der Waals surface area (Å²) < 4.78 is 5.54. The van der Waals surface area contributed by atoms with Crippen LogP contribution in [0.2, 0.25) is 0 Å². The number of nitrogens with zero attached hydrogens (tertiary/aromatic N) is 3. The normalized spacial score (nSPS) is 20.1. The first kappa shape index (κ1) is 18.9. The second kappa shape index (κ2) is 8.27. The summed E-state index contributed by atoms with van der Waals surface area (Å²) in [6, 6.07) is 6.40. The molecular weight excluding hydrogens is 354 g/mol. The molecule has 1 atom stereocenters. The van der Waals surface area contributed by atoms with Gasteiger partial charge in [0.25, 0.3) is 5.91 Å². The van der Waals surface area contributed by atoms with Gasteiger partial charge < -0.3 is 9.32 Å². The zero-order valence-electron chi connectivity index (χ0n) is 16.4. The second-order valence-electron chi connectivity index (χ2n) is 7.84. The zero-order valence-corrected chi connectivity index (χ0v) is 16.4. The molecule has 0 radical (unpaired) electrons. The van der Waals surface area contributed by atoms with Crippen LogP contribution in [0.25, 0.3) is 0 Å². The summed E-state index contributed by atoms with van der Waals surface area (Å²) in [6.07, 6.45) is 8.30. The van der Waals surface area contributed by atoms with Crippen molar-refractivity contribution in [2.45, 2.75) is 51.1 Å². The van der Waals surface area contributed by atoms with Crippen LogP contribution in [0, 0.1) is 0 Å². The van der Waals surface area contributed by atoms with E-state index in [4.69, 9.17) is 4.42 Å². The Hall–Kier alpha value is -2.47. The fourth-order valence-electron chi connectivity index (χ4n) is 4.35. The fraction of sp³-hybridized carbons (Fsp3) is 0.500. The second-order valence-corrected chi connectivity index (χ2v) is 7.84. The Bertz CT molecular complexity index is 846. The molecule has 6 heteroatoms. The van der Waals surface area contributed by atoms with Crippen LogP contribution in [0.15, 0.2) is 35.1 Å². The zero-order chi connectivity index (χ0) is 19.5. The minimum absolute atomic E-state index is 0.0427. The highest BCUT2D eigenvalue weighted by molar-refractivity contribution is 6.09. The summed E-state index contributed by atoms with van der Waals surface area (Å²) in [4.78, 5) is 34.0. The third-order valence-electron chi connectivity index (χ3n) is 5.93. The minimum atomic E-state index is -0.0618. The number of ketones is 1. The Kier molecular flexibility index (Phi) is 5.57. The number of pyridine rings is 1. The maximum Gasteiger partial charge on any atom is 0.257 e. The van der Waals surface area contributed by atoms with E-state index >= 15 is 0 Å². The molecule has 4 rings (SSSR count). The number of carbonyl (C=O) groups is 2. The predicted octanol–water partition coefficient (Wildman–Crippen LogP) is 3.32. The number of carbonyl (C=O) groups excluding carboxylic acids is 2. The fourth-order valence-corrected chi connectivity index (χ4v) is 4.35. The summed E-state index contributed by atoms with van der Waals surface area (Å²) in [5.74, 6) is 0.664. The third-order valence-corrected chi connectivity index (χ3v) is 5.93. The van der Waals surface area contributed by atoms with Gasteiger partial charge in [-0.2, -0.15) is 0 Å². The van der Waals surface area contributed by atoms with Crippen molar-refractivity contribution < 1.29 is 14.0 Å². The molecule has 0 aromatic carbocycles. The Morgan fingerprint density at radius 3 is 2.96 bits per heavy atom. The van der Waals surface area contributed by atoms with E-state index in [1.54, 1.807) is 0 Å². The largest absolute Gasteiger partial charge is 0.468 e. The maximum absolute atomic E-state index is 13.1. The molecule has 3 heterocycles. The highest BCUT2D eigenvalue weighted by Crippen LogP contribution is 2.28. The van der Waals surface area contributed by atoms with Gasteiger partial charge in [-0.15, -0.1) is 0 Å². The first-order chi connectivity index (χ1) is 13.6. The predicted molar refractivity (Wildman–Crippen MR) is 105 cm³/mol. The summed E-state index contributed by atoms with van der Waals surface area (Å²) in [6.45, 7) is 2.23. The smallest absolute Gasteiger partial charge is 0.257 e. The summed E-state index contributed by atoms with van der Waals surface area (Å²) >= 11 is 0. The van der Waals surface area contributed by atoms with Crippen molar-refractivity contribution in [3.8, 4) is 0 Å². The molecule has 2 aromatic heterocycles. The molecule has 0 spiro atoms. The Labute approximate surface area is 165 Å². The van der Waals surface area contributed by atoms with E-state index in [0.717, 1.165) is 50.9 Å². The lowest BCUT2D eigenvalue weighted by molar-refractivity contribution is 0.0751. The van der Waals surface area contributed by atoms with Gasteiger partial charge in [-0.3, -0.25) is 19.5 Å². The van der Waals surface area contributed by atoms with Crippen molar-refractivity contribution in [3.63, 3.8) is 0 Å². The van der Waals surface area contributed by atoms with Crippen LogP contribution in [0.4, 0.5) is 0 Å². The Morgan fingerprint density at radius 1 is 1.25 bits per heavy atom. The van der Waals surface area contributed by atoms with Crippen LogP contribution < -0.4 is 0 Å². The standard InChI is InChI=1S/C22H27N3O3/c1-24(14-16-6-2-3-11-23-16)17-7-5-12-25(13-10-17)22(27)18-15-28-20-9-4-8-19(26)21(18)20/h2-3,6,11,15,17H,4-5,7-10,12-14H2,1H3. The van der Waals surface area contributed by atoms with Crippen molar-refractivity contribution >= 4 is 11.7 Å². The van der Waals surface area contributed by atoms with Crippen LogP contribution >= 0.6 is 0 Å². The van der Waals surface area contributed by atoms with E-state index in [1.807, 2.05) is 29.3 Å². The van der Waals surface area contributed by atoms with Crippen LogP contribution in [-0.2, 0) is 13.0 Å². The van der Waals surface area contributed by atoms with Gasteiger partial charge in [0, 0.05) is 44.7 Å². The summed E-state index contributed by atoms with van der Waals surface area (Å²) in [5.41, 5.74) is 2.05. The quantitative estimate of drug-likeness (QED) is 0.813. The van der Waals surface area contributed by atoms with Crippen LogP contribution in [0.5, 0.6) is 0 Å².